The summed E-state index contributed by atoms with van der Waals surface area (Å²) in [7, 11) is 4.35. The van der Waals surface area contributed by atoms with Gasteiger partial charge in [-0.05, 0) is 65.3 Å². The Morgan fingerprint density at radius 2 is 2.19 bits per heavy atom. The summed E-state index contributed by atoms with van der Waals surface area (Å²) >= 11 is 0. The monoisotopic (exact) mass is 227 g/mol. The van der Waals surface area contributed by atoms with Gasteiger partial charge in [-0.25, -0.2) is 0 Å². The molecule has 0 aromatic rings. The van der Waals surface area contributed by atoms with Gasteiger partial charge < -0.3 is 10.6 Å². The molecule has 1 heterocycles. The average Bonchev–Trinajstić information content (AvgIpc) is 2.64. The van der Waals surface area contributed by atoms with Crippen molar-refractivity contribution < 1.29 is 0 Å². The van der Waals surface area contributed by atoms with Gasteiger partial charge in [0.1, 0.15) is 0 Å². The molecule has 96 valence electrons. The summed E-state index contributed by atoms with van der Waals surface area (Å²) in [5.41, 5.74) is 5.64. The van der Waals surface area contributed by atoms with Crippen LogP contribution < -0.4 is 5.73 Å². The zero-order valence-corrected chi connectivity index (χ0v) is 11.3. The highest BCUT2D eigenvalue weighted by Crippen LogP contribution is 2.18. The van der Waals surface area contributed by atoms with Crippen molar-refractivity contribution in [3.05, 3.63) is 0 Å². The molecule has 1 rings (SSSR count). The molecule has 0 amide bonds. The molecule has 0 aromatic heterocycles. The van der Waals surface area contributed by atoms with Crippen LogP contribution in [-0.2, 0) is 0 Å². The maximum absolute atomic E-state index is 5.64. The van der Waals surface area contributed by atoms with Crippen LogP contribution in [0.5, 0.6) is 0 Å². The van der Waals surface area contributed by atoms with Gasteiger partial charge in [0.25, 0.3) is 0 Å². The highest BCUT2D eigenvalue weighted by atomic mass is 15.2. The van der Waals surface area contributed by atoms with E-state index in [0.29, 0.717) is 5.92 Å². The van der Waals surface area contributed by atoms with E-state index in [1.807, 2.05) is 0 Å². The molecule has 2 N–H and O–H groups in total. The van der Waals surface area contributed by atoms with Gasteiger partial charge >= 0.3 is 0 Å². The molecule has 16 heavy (non-hydrogen) atoms. The van der Waals surface area contributed by atoms with E-state index < -0.39 is 0 Å². The zero-order valence-electron chi connectivity index (χ0n) is 11.3. The number of likely N-dealkylation sites (tertiary alicyclic amines) is 1. The van der Waals surface area contributed by atoms with Crippen LogP contribution in [0, 0.1) is 5.92 Å². The summed E-state index contributed by atoms with van der Waals surface area (Å²) in [5.74, 6) is 0.690. The molecule has 2 unspecified atom stereocenters. The number of nitrogens with zero attached hydrogens (tertiary/aromatic N) is 2. The molecular weight excluding hydrogens is 198 g/mol. The summed E-state index contributed by atoms with van der Waals surface area (Å²) in [6.45, 7) is 6.87. The quantitative estimate of drug-likeness (QED) is 0.713. The Balaban J connectivity index is 2.19. The Labute approximate surface area is 101 Å². The van der Waals surface area contributed by atoms with E-state index in [4.69, 9.17) is 5.73 Å². The summed E-state index contributed by atoms with van der Waals surface area (Å²) in [4.78, 5) is 4.98. The molecule has 2 atom stereocenters. The number of likely N-dealkylation sites (N-methyl/N-ethyl adjacent to an activating group) is 1. The van der Waals surface area contributed by atoms with Crippen LogP contribution in [-0.4, -0.2) is 56.1 Å². The Kier molecular flexibility index (Phi) is 6.32. The Bertz CT molecular complexity index is 182. The molecule has 0 spiro atoms. The molecule has 3 heteroatoms. The smallest absolute Gasteiger partial charge is 0.0223 e. The molecule has 1 aliphatic heterocycles. The third kappa shape index (κ3) is 4.81. The predicted molar refractivity (Wildman–Crippen MR) is 70.6 cm³/mol. The Morgan fingerprint density at radius 3 is 2.81 bits per heavy atom. The number of rotatable bonds is 7. The van der Waals surface area contributed by atoms with Crippen molar-refractivity contribution in [1.29, 1.82) is 0 Å². The third-order valence-electron chi connectivity index (χ3n) is 3.62. The normalized spacial score (nSPS) is 24.2. The number of nitrogens with two attached hydrogens (primary N) is 1. The van der Waals surface area contributed by atoms with Gasteiger partial charge in [-0.2, -0.15) is 0 Å². The van der Waals surface area contributed by atoms with E-state index in [-0.39, 0.29) is 0 Å². The van der Waals surface area contributed by atoms with E-state index in [2.05, 4.69) is 30.8 Å². The minimum atomic E-state index is 0.690. The minimum absolute atomic E-state index is 0.690. The van der Waals surface area contributed by atoms with Crippen molar-refractivity contribution in [3.63, 3.8) is 0 Å². The maximum Gasteiger partial charge on any atom is 0.0223 e. The molecule has 0 aliphatic carbocycles. The van der Waals surface area contributed by atoms with Crippen molar-refractivity contribution in [2.45, 2.75) is 38.6 Å². The molecular formula is C13H29N3. The van der Waals surface area contributed by atoms with Gasteiger partial charge in [-0.3, -0.25) is 4.90 Å². The molecule has 0 aromatic carbocycles. The van der Waals surface area contributed by atoms with Gasteiger partial charge in [0.15, 0.2) is 0 Å². The van der Waals surface area contributed by atoms with Gasteiger partial charge in [-0.15, -0.1) is 0 Å². The van der Waals surface area contributed by atoms with Crippen LogP contribution >= 0.6 is 0 Å². The summed E-state index contributed by atoms with van der Waals surface area (Å²) < 4.78 is 0. The van der Waals surface area contributed by atoms with E-state index in [0.717, 1.165) is 12.6 Å². The van der Waals surface area contributed by atoms with Gasteiger partial charge in [0.2, 0.25) is 0 Å². The highest BCUT2D eigenvalue weighted by molar-refractivity contribution is 4.80. The first-order chi connectivity index (χ1) is 7.63. The van der Waals surface area contributed by atoms with E-state index in [9.17, 15) is 0 Å². The second kappa shape index (κ2) is 7.25. The molecule has 1 saturated heterocycles. The standard InChI is InChI=1S/C13H29N3/c1-12(10-14)6-4-8-16-9-5-7-13(16)11-15(2)3/h12-13H,4-11,14H2,1-3H3. The lowest BCUT2D eigenvalue weighted by Gasteiger charge is -2.27. The van der Waals surface area contributed by atoms with Crippen LogP contribution in [0.15, 0.2) is 0 Å². The van der Waals surface area contributed by atoms with E-state index in [1.54, 1.807) is 0 Å². The van der Waals surface area contributed by atoms with Crippen molar-refractivity contribution in [2.24, 2.45) is 11.7 Å². The SMILES string of the molecule is CC(CN)CCCN1CCCC1CN(C)C. The second-order valence-electron chi connectivity index (χ2n) is 5.58. The van der Waals surface area contributed by atoms with Gasteiger partial charge in [0, 0.05) is 12.6 Å². The molecule has 1 fully saturated rings. The van der Waals surface area contributed by atoms with Gasteiger partial charge in [-0.1, -0.05) is 6.92 Å². The summed E-state index contributed by atoms with van der Waals surface area (Å²) in [6.07, 6.45) is 5.35. The summed E-state index contributed by atoms with van der Waals surface area (Å²) in [5, 5.41) is 0. The van der Waals surface area contributed by atoms with Crippen molar-refractivity contribution in [1.82, 2.24) is 9.80 Å². The van der Waals surface area contributed by atoms with Crippen LogP contribution in [0.25, 0.3) is 0 Å². The van der Waals surface area contributed by atoms with Crippen LogP contribution in [0.3, 0.4) is 0 Å². The average molecular weight is 227 g/mol. The van der Waals surface area contributed by atoms with Crippen molar-refractivity contribution in [3.8, 4) is 0 Å². The number of hydrogen-bond donors (Lipinski definition) is 1. The molecule has 3 nitrogen and oxygen atoms in total. The molecule has 0 radical (unpaired) electrons. The van der Waals surface area contributed by atoms with Crippen LogP contribution in [0.1, 0.15) is 32.6 Å². The molecule has 0 bridgehead atoms. The largest absolute Gasteiger partial charge is 0.330 e. The highest BCUT2D eigenvalue weighted by Gasteiger charge is 2.24. The lowest BCUT2D eigenvalue weighted by molar-refractivity contribution is 0.202. The van der Waals surface area contributed by atoms with Crippen molar-refractivity contribution >= 4 is 0 Å². The first-order valence-electron chi connectivity index (χ1n) is 6.72. The fraction of sp³-hybridized carbons (Fsp3) is 1.00. The maximum atomic E-state index is 5.64. The summed E-state index contributed by atoms with van der Waals surface area (Å²) in [6, 6.07) is 0.795. The molecule has 0 saturated carbocycles. The lowest BCUT2D eigenvalue weighted by atomic mass is 10.1. The first-order valence-corrected chi connectivity index (χ1v) is 6.72. The predicted octanol–water partition coefficient (Wildman–Crippen LogP) is 1.39. The minimum Gasteiger partial charge on any atom is -0.330 e. The van der Waals surface area contributed by atoms with E-state index in [1.165, 1.54) is 45.3 Å². The second-order valence-corrected chi connectivity index (χ2v) is 5.58. The first kappa shape index (κ1) is 13.9. The van der Waals surface area contributed by atoms with Crippen molar-refractivity contribution in [2.75, 3.05) is 40.3 Å². The van der Waals surface area contributed by atoms with Crippen LogP contribution in [0.4, 0.5) is 0 Å². The fourth-order valence-corrected chi connectivity index (χ4v) is 2.58. The Morgan fingerprint density at radius 1 is 1.44 bits per heavy atom. The lowest BCUT2D eigenvalue weighted by Crippen LogP contribution is -2.38. The fourth-order valence-electron chi connectivity index (χ4n) is 2.58. The molecule has 1 aliphatic rings. The van der Waals surface area contributed by atoms with Crippen LogP contribution in [0.2, 0.25) is 0 Å². The van der Waals surface area contributed by atoms with Gasteiger partial charge in [0.05, 0.1) is 0 Å². The van der Waals surface area contributed by atoms with E-state index >= 15 is 0 Å². The Hall–Kier alpha value is -0.120. The third-order valence-corrected chi connectivity index (χ3v) is 3.62. The zero-order chi connectivity index (χ0) is 12.0. The topological polar surface area (TPSA) is 32.5 Å². The number of hydrogen-bond acceptors (Lipinski definition) is 3.